The Morgan fingerprint density at radius 2 is 1.62 bits per heavy atom. The van der Waals surface area contributed by atoms with Gasteiger partial charge >= 0.3 is 0 Å². The molecular formula is C17H16Cl2N2O2S. The van der Waals surface area contributed by atoms with Crippen molar-refractivity contribution in [2.75, 3.05) is 16.4 Å². The minimum atomic E-state index is -0.135. The Kier molecular flexibility index (Phi) is 6.97. The van der Waals surface area contributed by atoms with Crippen molar-refractivity contribution >= 4 is 58.2 Å². The number of rotatable bonds is 6. The highest BCUT2D eigenvalue weighted by Gasteiger charge is 2.06. The average molecular weight is 383 g/mol. The molecule has 2 amide bonds. The Balaban J connectivity index is 1.79. The first-order chi connectivity index (χ1) is 11.4. The molecule has 0 spiro atoms. The normalized spacial score (nSPS) is 10.3. The minimum absolute atomic E-state index is 0.0997. The van der Waals surface area contributed by atoms with Gasteiger partial charge in [0.05, 0.1) is 5.75 Å². The van der Waals surface area contributed by atoms with E-state index in [1.165, 1.54) is 18.7 Å². The van der Waals surface area contributed by atoms with Gasteiger partial charge in [-0.15, -0.1) is 11.8 Å². The lowest BCUT2D eigenvalue weighted by Gasteiger charge is -2.08. The van der Waals surface area contributed by atoms with E-state index in [9.17, 15) is 9.59 Å². The molecule has 0 fully saturated rings. The van der Waals surface area contributed by atoms with E-state index in [0.29, 0.717) is 32.9 Å². The maximum Gasteiger partial charge on any atom is 0.234 e. The maximum atomic E-state index is 11.9. The zero-order valence-electron chi connectivity index (χ0n) is 12.9. The quantitative estimate of drug-likeness (QED) is 0.752. The van der Waals surface area contributed by atoms with Crippen LogP contribution >= 0.6 is 35.0 Å². The third-order valence-corrected chi connectivity index (χ3v) is 4.56. The fourth-order valence-corrected chi connectivity index (χ4v) is 3.32. The molecule has 0 bridgehead atoms. The molecule has 0 aliphatic heterocycles. The Hall–Kier alpha value is -1.69. The molecule has 2 aromatic carbocycles. The highest BCUT2D eigenvalue weighted by atomic mass is 35.5. The minimum Gasteiger partial charge on any atom is -0.326 e. The number of halogens is 2. The molecule has 24 heavy (non-hydrogen) atoms. The van der Waals surface area contributed by atoms with Gasteiger partial charge in [-0.2, -0.15) is 0 Å². The fourth-order valence-electron chi connectivity index (χ4n) is 1.93. The van der Waals surface area contributed by atoms with E-state index < -0.39 is 0 Å². The molecular weight excluding hydrogens is 367 g/mol. The largest absolute Gasteiger partial charge is 0.326 e. The van der Waals surface area contributed by atoms with Gasteiger partial charge in [-0.25, -0.2) is 0 Å². The van der Waals surface area contributed by atoms with Crippen LogP contribution in [0.25, 0.3) is 0 Å². The molecule has 2 aromatic rings. The first-order valence-electron chi connectivity index (χ1n) is 7.13. The van der Waals surface area contributed by atoms with E-state index in [2.05, 4.69) is 10.6 Å². The first kappa shape index (κ1) is 18.6. The summed E-state index contributed by atoms with van der Waals surface area (Å²) < 4.78 is 0. The molecule has 0 atom stereocenters. The number of thioether (sulfide) groups is 1. The maximum absolute atomic E-state index is 11.9. The lowest BCUT2D eigenvalue weighted by atomic mass is 10.2. The Morgan fingerprint density at radius 3 is 2.21 bits per heavy atom. The van der Waals surface area contributed by atoms with Crippen molar-refractivity contribution < 1.29 is 9.59 Å². The summed E-state index contributed by atoms with van der Waals surface area (Å²) in [4.78, 5) is 22.9. The van der Waals surface area contributed by atoms with Gasteiger partial charge in [-0.3, -0.25) is 9.59 Å². The van der Waals surface area contributed by atoms with E-state index in [1.54, 1.807) is 36.4 Å². The highest BCUT2D eigenvalue weighted by molar-refractivity contribution is 7.99. The molecule has 2 rings (SSSR count). The lowest BCUT2D eigenvalue weighted by Crippen LogP contribution is -2.14. The third-order valence-electron chi connectivity index (χ3n) is 2.99. The molecule has 7 heteroatoms. The molecule has 0 aliphatic carbocycles. The summed E-state index contributed by atoms with van der Waals surface area (Å²) in [7, 11) is 0. The number of anilines is 2. The molecule has 4 nitrogen and oxygen atoms in total. The lowest BCUT2D eigenvalue weighted by molar-refractivity contribution is -0.114. The highest BCUT2D eigenvalue weighted by Crippen LogP contribution is 2.24. The fraction of sp³-hybridized carbons (Fsp3) is 0.176. The van der Waals surface area contributed by atoms with Crippen molar-refractivity contribution in [1.29, 1.82) is 0 Å². The molecule has 2 N–H and O–H groups in total. The van der Waals surface area contributed by atoms with Crippen LogP contribution in [-0.2, 0) is 15.3 Å². The number of benzene rings is 2. The SMILES string of the molecule is CC(=O)Nc1ccc(NC(=O)CSCc2ccc(Cl)cc2Cl)cc1. The van der Waals surface area contributed by atoms with Crippen LogP contribution in [0.2, 0.25) is 10.0 Å². The summed E-state index contributed by atoms with van der Waals surface area (Å²) in [6, 6.07) is 12.3. The number of hydrogen-bond acceptors (Lipinski definition) is 3. The van der Waals surface area contributed by atoms with Crippen molar-refractivity contribution in [1.82, 2.24) is 0 Å². The van der Waals surface area contributed by atoms with Gasteiger partial charge < -0.3 is 10.6 Å². The summed E-state index contributed by atoms with van der Waals surface area (Å²) in [5, 5.41) is 6.67. The van der Waals surface area contributed by atoms with Crippen molar-refractivity contribution in [3.8, 4) is 0 Å². The average Bonchev–Trinajstić information content (AvgIpc) is 2.51. The van der Waals surface area contributed by atoms with Gasteiger partial charge in [0, 0.05) is 34.1 Å². The van der Waals surface area contributed by atoms with Crippen LogP contribution in [-0.4, -0.2) is 17.6 Å². The van der Waals surface area contributed by atoms with Crippen LogP contribution in [0.5, 0.6) is 0 Å². The van der Waals surface area contributed by atoms with Crippen LogP contribution in [0.4, 0.5) is 11.4 Å². The predicted molar refractivity (Wildman–Crippen MR) is 102 cm³/mol. The molecule has 0 radical (unpaired) electrons. The molecule has 0 unspecified atom stereocenters. The van der Waals surface area contributed by atoms with Gasteiger partial charge in [0.15, 0.2) is 0 Å². The van der Waals surface area contributed by atoms with E-state index >= 15 is 0 Å². The number of carbonyl (C=O) groups is 2. The van der Waals surface area contributed by atoms with Gasteiger partial charge in [-0.1, -0.05) is 29.3 Å². The van der Waals surface area contributed by atoms with E-state index in [4.69, 9.17) is 23.2 Å². The molecule has 0 aliphatic rings. The van der Waals surface area contributed by atoms with Crippen LogP contribution in [0.1, 0.15) is 12.5 Å². The van der Waals surface area contributed by atoms with Crippen molar-refractivity contribution in [2.45, 2.75) is 12.7 Å². The van der Waals surface area contributed by atoms with E-state index in [0.717, 1.165) is 5.56 Å². The standard InChI is InChI=1S/C17H16Cl2N2O2S/c1-11(22)20-14-4-6-15(7-5-14)21-17(23)10-24-9-12-2-3-13(18)8-16(12)19/h2-8H,9-10H2,1H3,(H,20,22)(H,21,23). The number of amides is 2. The number of carbonyl (C=O) groups excluding carboxylic acids is 2. The first-order valence-corrected chi connectivity index (χ1v) is 9.04. The van der Waals surface area contributed by atoms with Crippen LogP contribution in [0.15, 0.2) is 42.5 Å². The molecule has 126 valence electrons. The number of nitrogens with one attached hydrogen (secondary N) is 2. The van der Waals surface area contributed by atoms with Gasteiger partial charge in [0.1, 0.15) is 0 Å². The third kappa shape index (κ3) is 6.07. The Labute approximate surface area is 154 Å². The Bertz CT molecular complexity index is 736. The van der Waals surface area contributed by atoms with Crippen molar-refractivity contribution in [3.63, 3.8) is 0 Å². The predicted octanol–water partition coefficient (Wildman–Crippen LogP) is 4.82. The zero-order valence-corrected chi connectivity index (χ0v) is 15.3. The second kappa shape index (κ2) is 8.97. The smallest absolute Gasteiger partial charge is 0.234 e. The van der Waals surface area contributed by atoms with Crippen LogP contribution < -0.4 is 10.6 Å². The van der Waals surface area contributed by atoms with Gasteiger partial charge in [-0.05, 0) is 42.0 Å². The van der Waals surface area contributed by atoms with E-state index in [-0.39, 0.29) is 11.8 Å². The van der Waals surface area contributed by atoms with Gasteiger partial charge in [0.25, 0.3) is 0 Å². The second-order valence-electron chi connectivity index (χ2n) is 5.04. The molecule has 0 saturated carbocycles. The topological polar surface area (TPSA) is 58.2 Å². The molecule has 0 saturated heterocycles. The van der Waals surface area contributed by atoms with Gasteiger partial charge in [0.2, 0.25) is 11.8 Å². The summed E-state index contributed by atoms with van der Waals surface area (Å²) in [5.74, 6) is 0.707. The number of hydrogen-bond donors (Lipinski definition) is 2. The monoisotopic (exact) mass is 382 g/mol. The Morgan fingerprint density at radius 1 is 1.00 bits per heavy atom. The van der Waals surface area contributed by atoms with Crippen molar-refractivity contribution in [3.05, 3.63) is 58.1 Å². The zero-order chi connectivity index (χ0) is 17.5. The van der Waals surface area contributed by atoms with Crippen LogP contribution in [0.3, 0.4) is 0 Å². The summed E-state index contributed by atoms with van der Waals surface area (Å²) in [6.07, 6.45) is 0. The summed E-state index contributed by atoms with van der Waals surface area (Å²) in [6.45, 7) is 1.44. The molecule has 0 aromatic heterocycles. The summed E-state index contributed by atoms with van der Waals surface area (Å²) >= 11 is 13.4. The summed E-state index contributed by atoms with van der Waals surface area (Å²) in [5.41, 5.74) is 2.31. The molecule has 0 heterocycles. The van der Waals surface area contributed by atoms with E-state index in [1.807, 2.05) is 6.07 Å². The second-order valence-corrected chi connectivity index (χ2v) is 6.86. The van der Waals surface area contributed by atoms with Crippen molar-refractivity contribution in [2.24, 2.45) is 0 Å². The van der Waals surface area contributed by atoms with Crippen LogP contribution in [0, 0.1) is 0 Å².